The van der Waals surface area contributed by atoms with Crippen LogP contribution in [-0.2, 0) is 0 Å². The van der Waals surface area contributed by atoms with E-state index in [1.54, 1.807) is 0 Å². The fourth-order valence-electron chi connectivity index (χ4n) is 2.70. The average Bonchev–Trinajstić information content (AvgIpc) is 2.44. The largest absolute Gasteiger partial charge is 0.364 e. The Morgan fingerprint density at radius 1 is 1.55 bits per heavy atom. The molecule has 7 nitrogen and oxygen atoms in total. The number of rotatable bonds is 4. The molecule has 0 unspecified atom stereocenters. The Kier molecular flexibility index (Phi) is 5.18. The number of hydrogen-bond acceptors (Lipinski definition) is 6. The van der Waals surface area contributed by atoms with Gasteiger partial charge in [0.2, 0.25) is 11.1 Å². The van der Waals surface area contributed by atoms with Gasteiger partial charge in [-0.05, 0) is 57.7 Å². The van der Waals surface area contributed by atoms with Gasteiger partial charge in [0.25, 0.3) is 0 Å². The maximum absolute atomic E-state index is 11.0. The zero-order chi connectivity index (χ0) is 16.3. The molecule has 1 aromatic heterocycles. The lowest BCUT2D eigenvalue weighted by Gasteiger charge is -2.41. The summed E-state index contributed by atoms with van der Waals surface area (Å²) < 4.78 is 0. The molecular formula is C14H22ClN5O2. The minimum atomic E-state index is -0.499. The van der Waals surface area contributed by atoms with E-state index in [0.717, 1.165) is 32.1 Å². The molecule has 1 aliphatic heterocycles. The lowest BCUT2D eigenvalue weighted by molar-refractivity contribution is -0.384. The molecular weight excluding hydrogens is 306 g/mol. The first-order valence-electron chi connectivity index (χ1n) is 7.43. The van der Waals surface area contributed by atoms with Crippen LogP contribution >= 0.6 is 11.6 Å². The molecule has 8 heteroatoms. The van der Waals surface area contributed by atoms with Crippen molar-refractivity contribution in [2.45, 2.75) is 39.2 Å². The van der Waals surface area contributed by atoms with Crippen molar-refractivity contribution in [2.24, 2.45) is 5.92 Å². The number of nitrogens with zero attached hydrogens (tertiary/aromatic N) is 4. The average molecular weight is 328 g/mol. The highest BCUT2D eigenvalue weighted by molar-refractivity contribution is 6.28. The van der Waals surface area contributed by atoms with Crippen LogP contribution in [0.4, 0.5) is 11.5 Å². The molecule has 1 saturated heterocycles. The smallest absolute Gasteiger partial charge is 0.329 e. The molecule has 2 rings (SSSR count). The van der Waals surface area contributed by atoms with Crippen molar-refractivity contribution in [2.75, 3.05) is 25.0 Å². The van der Waals surface area contributed by atoms with Crippen molar-refractivity contribution in [1.82, 2.24) is 14.9 Å². The highest BCUT2D eigenvalue weighted by Crippen LogP contribution is 2.26. The number of hydrogen-bond donors (Lipinski definition) is 1. The summed E-state index contributed by atoms with van der Waals surface area (Å²) in [6.07, 6.45) is 3.38. The second kappa shape index (κ2) is 6.75. The molecule has 0 saturated carbocycles. The van der Waals surface area contributed by atoms with Gasteiger partial charge in [-0.25, -0.2) is 4.98 Å². The van der Waals surface area contributed by atoms with Crippen molar-refractivity contribution in [3.05, 3.63) is 21.6 Å². The van der Waals surface area contributed by atoms with E-state index in [0.29, 0.717) is 12.5 Å². The predicted octanol–water partition coefficient (Wildman–Crippen LogP) is 2.96. The summed E-state index contributed by atoms with van der Waals surface area (Å²) in [5.41, 5.74) is -0.00372. The van der Waals surface area contributed by atoms with Crippen molar-refractivity contribution >= 4 is 23.1 Å². The second-order valence-corrected chi connectivity index (χ2v) is 6.97. The predicted molar refractivity (Wildman–Crippen MR) is 86.2 cm³/mol. The van der Waals surface area contributed by atoms with Crippen LogP contribution < -0.4 is 5.32 Å². The summed E-state index contributed by atoms with van der Waals surface area (Å²) in [7, 11) is 0. The van der Waals surface area contributed by atoms with Crippen molar-refractivity contribution in [3.8, 4) is 0 Å². The minimum Gasteiger partial charge on any atom is -0.364 e. The van der Waals surface area contributed by atoms with Crippen LogP contribution in [0.15, 0.2) is 6.20 Å². The first-order valence-corrected chi connectivity index (χ1v) is 7.81. The maximum Gasteiger partial charge on any atom is 0.329 e. The van der Waals surface area contributed by atoms with Gasteiger partial charge in [0.15, 0.2) is 0 Å². The van der Waals surface area contributed by atoms with Crippen molar-refractivity contribution < 1.29 is 4.92 Å². The van der Waals surface area contributed by atoms with E-state index < -0.39 is 4.92 Å². The topological polar surface area (TPSA) is 84.2 Å². The van der Waals surface area contributed by atoms with E-state index >= 15 is 0 Å². The fourth-order valence-corrected chi connectivity index (χ4v) is 2.83. The zero-order valence-corrected chi connectivity index (χ0v) is 13.9. The highest BCUT2D eigenvalue weighted by Gasteiger charge is 2.28. The number of nitrogens with one attached hydrogen (secondary N) is 1. The van der Waals surface area contributed by atoms with Crippen LogP contribution in [0.3, 0.4) is 0 Å². The number of nitro groups is 1. The first-order chi connectivity index (χ1) is 10.3. The van der Waals surface area contributed by atoms with Gasteiger partial charge >= 0.3 is 5.69 Å². The molecule has 0 amide bonds. The van der Waals surface area contributed by atoms with Crippen LogP contribution in [0.2, 0.25) is 5.28 Å². The molecule has 0 radical (unpaired) electrons. The van der Waals surface area contributed by atoms with Gasteiger partial charge in [-0.2, -0.15) is 4.98 Å². The van der Waals surface area contributed by atoms with Gasteiger partial charge < -0.3 is 5.32 Å². The van der Waals surface area contributed by atoms with E-state index in [2.05, 4.69) is 41.0 Å². The third kappa shape index (κ3) is 4.27. The molecule has 0 bridgehead atoms. The van der Waals surface area contributed by atoms with E-state index in [1.165, 1.54) is 0 Å². The summed E-state index contributed by atoms with van der Waals surface area (Å²) in [4.78, 5) is 20.6. The molecule has 0 spiro atoms. The fraction of sp³-hybridized carbons (Fsp3) is 0.714. The molecule has 1 N–H and O–H groups in total. The van der Waals surface area contributed by atoms with Crippen LogP contribution in [0.5, 0.6) is 0 Å². The normalized spacial score (nSPS) is 19.9. The lowest BCUT2D eigenvalue weighted by Crippen LogP contribution is -2.48. The quantitative estimate of drug-likeness (QED) is 0.520. The molecule has 2 heterocycles. The SMILES string of the molecule is CC(C)(C)N1CCC[C@@H](CNc2nc(Cl)ncc2[N+](=O)[O-])C1. The molecule has 0 aromatic carbocycles. The number of halogens is 1. The van der Waals surface area contributed by atoms with Crippen LogP contribution in [0, 0.1) is 16.0 Å². The minimum absolute atomic E-state index is 0.00747. The third-order valence-corrected chi connectivity index (χ3v) is 4.14. The molecule has 122 valence electrons. The summed E-state index contributed by atoms with van der Waals surface area (Å²) in [6.45, 7) is 9.33. The number of piperidine rings is 1. The number of aromatic nitrogens is 2. The van der Waals surface area contributed by atoms with Gasteiger partial charge in [-0.1, -0.05) is 0 Å². The first kappa shape index (κ1) is 16.9. The van der Waals surface area contributed by atoms with E-state index in [1.807, 2.05) is 0 Å². The van der Waals surface area contributed by atoms with Gasteiger partial charge in [0.1, 0.15) is 6.20 Å². The Labute approximate surface area is 135 Å². The Hall–Kier alpha value is -1.47. The van der Waals surface area contributed by atoms with Crippen molar-refractivity contribution in [1.29, 1.82) is 0 Å². The highest BCUT2D eigenvalue weighted by atomic mass is 35.5. The molecule has 0 aliphatic carbocycles. The van der Waals surface area contributed by atoms with Crippen LogP contribution in [0.25, 0.3) is 0 Å². The summed E-state index contributed by atoms with van der Waals surface area (Å²) in [6, 6.07) is 0. The van der Waals surface area contributed by atoms with Gasteiger partial charge in [0.05, 0.1) is 4.92 Å². The summed E-state index contributed by atoms with van der Waals surface area (Å²) >= 11 is 5.73. The number of likely N-dealkylation sites (tertiary alicyclic amines) is 1. The third-order valence-electron chi connectivity index (χ3n) is 3.96. The molecule has 1 aromatic rings. The standard InChI is InChI=1S/C14H22ClN5O2/c1-14(2,3)19-6-4-5-10(9-19)7-16-12-11(20(21)22)8-17-13(15)18-12/h8,10H,4-7,9H2,1-3H3,(H,16,17,18)/t10-/m0/s1. The van der Waals surface area contributed by atoms with E-state index in [4.69, 9.17) is 11.6 Å². The molecule has 1 aliphatic rings. The van der Waals surface area contributed by atoms with Gasteiger partial charge in [0, 0.05) is 18.6 Å². The monoisotopic (exact) mass is 327 g/mol. The summed E-state index contributed by atoms with van der Waals surface area (Å²) in [5.74, 6) is 0.624. The maximum atomic E-state index is 11.0. The summed E-state index contributed by atoms with van der Waals surface area (Å²) in [5, 5.41) is 14.1. The van der Waals surface area contributed by atoms with Gasteiger partial charge in [-0.15, -0.1) is 0 Å². The Morgan fingerprint density at radius 3 is 2.91 bits per heavy atom. The zero-order valence-electron chi connectivity index (χ0n) is 13.2. The van der Waals surface area contributed by atoms with E-state index in [9.17, 15) is 10.1 Å². The molecule has 1 fully saturated rings. The Balaban J connectivity index is 2.01. The van der Waals surface area contributed by atoms with Crippen molar-refractivity contribution in [3.63, 3.8) is 0 Å². The second-order valence-electron chi connectivity index (χ2n) is 6.64. The Morgan fingerprint density at radius 2 is 2.27 bits per heavy atom. The lowest BCUT2D eigenvalue weighted by atomic mass is 9.93. The van der Waals surface area contributed by atoms with Crippen LogP contribution in [-0.4, -0.2) is 45.0 Å². The van der Waals surface area contributed by atoms with Gasteiger partial charge in [-0.3, -0.25) is 15.0 Å². The molecule has 1 atom stereocenters. The number of anilines is 1. The Bertz CT molecular complexity index is 547. The molecule has 22 heavy (non-hydrogen) atoms. The van der Waals surface area contributed by atoms with Crippen LogP contribution in [0.1, 0.15) is 33.6 Å². The van der Waals surface area contributed by atoms with E-state index in [-0.39, 0.29) is 22.3 Å².